The highest BCUT2D eigenvalue weighted by Gasteiger charge is 2.70. The van der Waals surface area contributed by atoms with Crippen LogP contribution in [0.2, 0.25) is 0 Å². The van der Waals surface area contributed by atoms with Crippen LogP contribution in [-0.4, -0.2) is 29.2 Å². The number of ether oxygens (including phenoxy) is 2. The number of ketones is 1. The average Bonchev–Trinajstić information content (AvgIpc) is 2.91. The van der Waals surface area contributed by atoms with E-state index in [0.717, 1.165) is 18.4 Å². The van der Waals surface area contributed by atoms with Crippen molar-refractivity contribution in [2.24, 2.45) is 11.8 Å². The largest absolute Gasteiger partial charge is 0.493 e. The standard InChI is InChI=1S/C19H22O4/c1-10-5-8-19-14(20)6-7-18(21)12(10)9-11-3-4-13(22-2)16(23-19)15(11)17(18)19/h3-4,10,12,17,21H,5-9H2,1-2H3/t10?,12-,17?,18+,19?/m0/s1. The van der Waals surface area contributed by atoms with Crippen molar-refractivity contribution >= 4 is 5.78 Å². The normalized spacial score (nSPS) is 42.9. The van der Waals surface area contributed by atoms with Crippen LogP contribution in [0.25, 0.3) is 0 Å². The molecule has 2 saturated carbocycles. The number of Topliss-reactive ketones (excluding diaryl/α,β-unsaturated/α-hetero) is 1. The molecule has 23 heavy (non-hydrogen) atoms. The van der Waals surface area contributed by atoms with Crippen LogP contribution in [-0.2, 0) is 11.2 Å². The van der Waals surface area contributed by atoms with E-state index in [-0.39, 0.29) is 17.6 Å². The second kappa shape index (κ2) is 4.10. The number of carbonyl (C=O) groups is 1. The van der Waals surface area contributed by atoms with E-state index in [1.54, 1.807) is 7.11 Å². The molecule has 1 aromatic rings. The molecule has 4 aliphatic rings. The fraction of sp³-hybridized carbons (Fsp3) is 0.632. The third-order valence-electron chi connectivity index (χ3n) is 6.97. The molecule has 3 aliphatic carbocycles. The Bertz CT molecular complexity index is 726. The summed E-state index contributed by atoms with van der Waals surface area (Å²) in [4.78, 5) is 12.9. The van der Waals surface area contributed by atoms with Crippen LogP contribution >= 0.6 is 0 Å². The van der Waals surface area contributed by atoms with Crippen molar-refractivity contribution in [3.8, 4) is 11.5 Å². The molecule has 0 saturated heterocycles. The Kier molecular flexibility index (Phi) is 2.47. The molecule has 4 heteroatoms. The summed E-state index contributed by atoms with van der Waals surface area (Å²) < 4.78 is 11.9. The van der Waals surface area contributed by atoms with Gasteiger partial charge in [0, 0.05) is 12.0 Å². The monoisotopic (exact) mass is 314 g/mol. The molecule has 122 valence electrons. The van der Waals surface area contributed by atoms with Gasteiger partial charge in [-0.1, -0.05) is 13.0 Å². The maximum Gasteiger partial charge on any atom is 0.177 e. The number of hydrogen-bond acceptors (Lipinski definition) is 4. The molecule has 5 rings (SSSR count). The summed E-state index contributed by atoms with van der Waals surface area (Å²) in [5, 5.41) is 11.7. The van der Waals surface area contributed by atoms with Crippen LogP contribution in [0.5, 0.6) is 11.5 Å². The molecular weight excluding hydrogens is 292 g/mol. The van der Waals surface area contributed by atoms with E-state index in [0.29, 0.717) is 36.7 Å². The molecule has 0 aromatic heterocycles. The summed E-state index contributed by atoms with van der Waals surface area (Å²) >= 11 is 0. The molecule has 4 bridgehead atoms. The first kappa shape index (κ1) is 13.8. The number of hydrogen-bond donors (Lipinski definition) is 1. The molecule has 4 nitrogen and oxygen atoms in total. The van der Waals surface area contributed by atoms with Gasteiger partial charge in [0.1, 0.15) is 0 Å². The van der Waals surface area contributed by atoms with E-state index in [1.165, 1.54) is 5.56 Å². The highest BCUT2D eigenvalue weighted by Crippen LogP contribution is 2.66. The second-order valence-electron chi connectivity index (χ2n) is 7.84. The maximum atomic E-state index is 12.9. The minimum absolute atomic E-state index is 0.158. The Hall–Kier alpha value is -1.55. The SMILES string of the molecule is COc1ccc2c3c1OC14CCC(C)[C@H](C2)[C@](O)(CCC1=O)C34. The van der Waals surface area contributed by atoms with E-state index in [4.69, 9.17) is 9.47 Å². The predicted molar refractivity (Wildman–Crippen MR) is 83.9 cm³/mol. The third-order valence-corrected chi connectivity index (χ3v) is 6.97. The van der Waals surface area contributed by atoms with E-state index in [2.05, 4.69) is 13.0 Å². The number of rotatable bonds is 1. The van der Waals surface area contributed by atoms with Gasteiger partial charge in [-0.15, -0.1) is 0 Å². The third kappa shape index (κ3) is 1.40. The number of methoxy groups -OCH3 is 1. The lowest BCUT2D eigenvalue weighted by Gasteiger charge is -2.51. The summed E-state index contributed by atoms with van der Waals surface area (Å²) in [6.45, 7) is 2.22. The van der Waals surface area contributed by atoms with Crippen molar-refractivity contribution in [3.05, 3.63) is 23.3 Å². The van der Waals surface area contributed by atoms with Crippen LogP contribution in [0.3, 0.4) is 0 Å². The van der Waals surface area contributed by atoms with Gasteiger partial charge in [0.15, 0.2) is 22.9 Å². The van der Waals surface area contributed by atoms with Gasteiger partial charge in [-0.3, -0.25) is 4.79 Å². The van der Waals surface area contributed by atoms with Crippen molar-refractivity contribution in [3.63, 3.8) is 0 Å². The Morgan fingerprint density at radius 1 is 1.35 bits per heavy atom. The molecule has 1 heterocycles. The minimum atomic E-state index is -0.873. The first-order valence-corrected chi connectivity index (χ1v) is 8.66. The average molecular weight is 314 g/mol. The molecule has 0 spiro atoms. The van der Waals surface area contributed by atoms with Gasteiger partial charge in [0.05, 0.1) is 18.6 Å². The van der Waals surface area contributed by atoms with Crippen LogP contribution in [0.1, 0.15) is 49.7 Å². The van der Waals surface area contributed by atoms with Gasteiger partial charge in [0.25, 0.3) is 0 Å². The first-order valence-electron chi connectivity index (χ1n) is 8.66. The van der Waals surface area contributed by atoms with Crippen LogP contribution < -0.4 is 9.47 Å². The molecule has 1 aromatic carbocycles. The van der Waals surface area contributed by atoms with E-state index in [9.17, 15) is 9.90 Å². The lowest BCUT2D eigenvalue weighted by molar-refractivity contribution is -0.160. The van der Waals surface area contributed by atoms with Gasteiger partial charge in [-0.05, 0) is 49.1 Å². The minimum Gasteiger partial charge on any atom is -0.493 e. The fourth-order valence-corrected chi connectivity index (χ4v) is 5.88. The highest BCUT2D eigenvalue weighted by atomic mass is 16.5. The fourth-order valence-electron chi connectivity index (χ4n) is 5.88. The van der Waals surface area contributed by atoms with E-state index in [1.807, 2.05) is 6.07 Å². The topological polar surface area (TPSA) is 55.8 Å². The number of carbonyl (C=O) groups excluding carboxylic acids is 1. The number of aliphatic hydroxyl groups is 1. The van der Waals surface area contributed by atoms with Crippen molar-refractivity contribution in [2.75, 3.05) is 7.11 Å². The Balaban J connectivity index is 1.85. The van der Waals surface area contributed by atoms with Crippen LogP contribution in [0, 0.1) is 11.8 Å². The van der Waals surface area contributed by atoms with Gasteiger partial charge < -0.3 is 14.6 Å². The van der Waals surface area contributed by atoms with Gasteiger partial charge in [0.2, 0.25) is 0 Å². The molecule has 1 aliphatic heterocycles. The van der Waals surface area contributed by atoms with Crippen LogP contribution in [0.15, 0.2) is 12.1 Å². The van der Waals surface area contributed by atoms with E-state index < -0.39 is 11.2 Å². The molecule has 0 radical (unpaired) electrons. The van der Waals surface area contributed by atoms with Crippen molar-refractivity contribution < 1.29 is 19.4 Å². The zero-order valence-corrected chi connectivity index (χ0v) is 13.6. The molecule has 0 amide bonds. The van der Waals surface area contributed by atoms with Gasteiger partial charge >= 0.3 is 0 Å². The number of benzene rings is 1. The van der Waals surface area contributed by atoms with Crippen molar-refractivity contribution in [1.29, 1.82) is 0 Å². The van der Waals surface area contributed by atoms with Gasteiger partial charge in [-0.2, -0.15) is 0 Å². The summed E-state index contributed by atoms with van der Waals surface area (Å²) in [7, 11) is 1.63. The van der Waals surface area contributed by atoms with Crippen molar-refractivity contribution in [2.45, 2.75) is 56.1 Å². The first-order chi connectivity index (χ1) is 11.0. The van der Waals surface area contributed by atoms with E-state index >= 15 is 0 Å². The molecule has 1 N–H and O–H groups in total. The maximum absolute atomic E-state index is 12.9. The summed E-state index contributed by atoms with van der Waals surface area (Å²) in [6, 6.07) is 4.04. The van der Waals surface area contributed by atoms with Gasteiger partial charge in [-0.25, -0.2) is 0 Å². The Labute approximate surface area is 135 Å². The summed E-state index contributed by atoms with van der Waals surface area (Å²) in [6.07, 6.45) is 3.48. The lowest BCUT2D eigenvalue weighted by Crippen LogP contribution is -2.61. The molecule has 5 atom stereocenters. The summed E-state index contributed by atoms with van der Waals surface area (Å²) in [5.74, 6) is 1.93. The quantitative estimate of drug-likeness (QED) is 0.866. The second-order valence-corrected chi connectivity index (χ2v) is 7.84. The zero-order valence-electron chi connectivity index (χ0n) is 13.6. The Morgan fingerprint density at radius 2 is 2.17 bits per heavy atom. The zero-order chi connectivity index (χ0) is 16.0. The summed E-state index contributed by atoms with van der Waals surface area (Å²) in [5.41, 5.74) is 0.576. The lowest BCUT2D eigenvalue weighted by atomic mass is 9.55. The van der Waals surface area contributed by atoms with Crippen LogP contribution in [0.4, 0.5) is 0 Å². The molecule has 2 fully saturated rings. The van der Waals surface area contributed by atoms with Crippen molar-refractivity contribution in [1.82, 2.24) is 0 Å². The smallest absolute Gasteiger partial charge is 0.177 e. The predicted octanol–water partition coefficient (Wildman–Crippen LogP) is 2.61. The highest BCUT2D eigenvalue weighted by molar-refractivity contribution is 5.92. The molecular formula is C19H22O4. The Morgan fingerprint density at radius 3 is 2.96 bits per heavy atom. The molecule has 3 unspecified atom stereocenters.